The molecule has 1 N–H and O–H groups in total. The molecule has 0 aliphatic carbocycles. The molecule has 0 saturated carbocycles. The quantitative estimate of drug-likeness (QED) is 0.789. The first kappa shape index (κ1) is 17.8. The number of ether oxygens (including phenoxy) is 1. The molecule has 7 heteroatoms. The van der Waals surface area contributed by atoms with E-state index in [2.05, 4.69) is 10.1 Å². The van der Waals surface area contributed by atoms with Crippen LogP contribution < -0.4 is 10.1 Å². The minimum atomic E-state index is -3.01. The summed E-state index contributed by atoms with van der Waals surface area (Å²) in [4.78, 5) is 12.2. The fourth-order valence-corrected chi connectivity index (χ4v) is 2.29. The Kier molecular flexibility index (Phi) is 5.78. The number of benzene rings is 2. The molecular weight excluding hydrogens is 326 g/mol. The first-order valence-corrected chi connectivity index (χ1v) is 7.22. The van der Waals surface area contributed by atoms with Crippen LogP contribution in [-0.2, 0) is 0 Å². The molecule has 24 heavy (non-hydrogen) atoms. The molecule has 1 atom stereocenters. The van der Waals surface area contributed by atoms with Crippen molar-refractivity contribution in [1.82, 2.24) is 5.32 Å². The zero-order chi connectivity index (χ0) is 17.7. The number of hydrogen-bond donors (Lipinski definition) is 1. The molecule has 128 valence electrons. The van der Waals surface area contributed by atoms with E-state index >= 15 is 0 Å². The Hall–Kier alpha value is -2.57. The predicted molar refractivity (Wildman–Crippen MR) is 79.9 cm³/mol. The highest BCUT2D eigenvalue weighted by Crippen LogP contribution is 2.28. The van der Waals surface area contributed by atoms with Gasteiger partial charge in [-0.25, -0.2) is 8.78 Å². The molecule has 0 spiro atoms. The summed E-state index contributed by atoms with van der Waals surface area (Å²) in [6.07, 6.45) is 0.340. The molecule has 2 aromatic rings. The van der Waals surface area contributed by atoms with Crippen molar-refractivity contribution in [2.24, 2.45) is 0 Å². The molecule has 1 unspecified atom stereocenters. The van der Waals surface area contributed by atoms with E-state index in [0.29, 0.717) is 12.0 Å². The largest absolute Gasteiger partial charge is 0.434 e. The van der Waals surface area contributed by atoms with E-state index in [-0.39, 0.29) is 5.75 Å². The smallest absolute Gasteiger partial charge is 0.387 e. The van der Waals surface area contributed by atoms with Crippen LogP contribution in [0.3, 0.4) is 0 Å². The Morgan fingerprint density at radius 3 is 2.50 bits per heavy atom. The molecule has 0 bridgehead atoms. The number of amides is 1. The molecule has 3 nitrogen and oxygen atoms in total. The summed E-state index contributed by atoms with van der Waals surface area (Å²) in [7, 11) is 0. The van der Waals surface area contributed by atoms with Gasteiger partial charge in [-0.3, -0.25) is 4.79 Å². The highest BCUT2D eigenvalue weighted by Gasteiger charge is 2.21. The van der Waals surface area contributed by atoms with E-state index in [9.17, 15) is 22.4 Å². The Morgan fingerprint density at radius 1 is 1.12 bits per heavy atom. The number of para-hydroxylation sites is 1. The maximum atomic E-state index is 13.7. The third kappa shape index (κ3) is 4.04. The highest BCUT2D eigenvalue weighted by molar-refractivity contribution is 5.94. The van der Waals surface area contributed by atoms with Crippen molar-refractivity contribution in [3.05, 3.63) is 65.2 Å². The third-order valence-electron chi connectivity index (χ3n) is 3.42. The summed E-state index contributed by atoms with van der Waals surface area (Å²) in [5.74, 6) is -3.33. The normalized spacial score (nSPS) is 12.1. The number of rotatable bonds is 6. The number of alkyl halides is 2. The first-order chi connectivity index (χ1) is 11.4. The van der Waals surface area contributed by atoms with Gasteiger partial charge in [0.05, 0.1) is 11.6 Å². The summed E-state index contributed by atoms with van der Waals surface area (Å²) >= 11 is 0. The minimum absolute atomic E-state index is 0.0839. The standard InChI is InChI=1S/C17H15F4NO2/c1-2-13(10-6-3-4-9-14(10)24-17(20)21)22-16(23)11-7-5-8-12(18)15(11)19/h3-9,13,17H,2H2,1H3,(H,22,23). The molecule has 0 saturated heterocycles. The number of hydrogen-bond acceptors (Lipinski definition) is 2. The van der Waals surface area contributed by atoms with Gasteiger partial charge < -0.3 is 10.1 Å². The van der Waals surface area contributed by atoms with Gasteiger partial charge in [0, 0.05) is 5.56 Å². The van der Waals surface area contributed by atoms with E-state index < -0.39 is 35.8 Å². The molecule has 0 aliphatic heterocycles. The van der Waals surface area contributed by atoms with Crippen molar-refractivity contribution >= 4 is 5.91 Å². The molecule has 0 fully saturated rings. The van der Waals surface area contributed by atoms with E-state index in [1.165, 1.54) is 24.3 Å². The van der Waals surface area contributed by atoms with Crippen LogP contribution in [0.1, 0.15) is 35.3 Å². The van der Waals surface area contributed by atoms with E-state index in [0.717, 1.165) is 12.1 Å². The van der Waals surface area contributed by atoms with E-state index in [4.69, 9.17) is 0 Å². The van der Waals surface area contributed by atoms with Crippen LogP contribution in [0.15, 0.2) is 42.5 Å². The maximum absolute atomic E-state index is 13.7. The molecule has 0 aliphatic rings. The van der Waals surface area contributed by atoms with Crippen molar-refractivity contribution in [3.8, 4) is 5.75 Å². The molecule has 0 heterocycles. The van der Waals surface area contributed by atoms with Gasteiger partial charge in [-0.05, 0) is 24.6 Å². The first-order valence-electron chi connectivity index (χ1n) is 7.22. The second kappa shape index (κ2) is 7.81. The fourth-order valence-electron chi connectivity index (χ4n) is 2.29. The van der Waals surface area contributed by atoms with Gasteiger partial charge in [-0.1, -0.05) is 31.2 Å². The van der Waals surface area contributed by atoms with Gasteiger partial charge in [-0.2, -0.15) is 8.78 Å². The van der Waals surface area contributed by atoms with Crippen LogP contribution >= 0.6 is 0 Å². The molecule has 2 rings (SSSR count). The highest BCUT2D eigenvalue weighted by atomic mass is 19.3. The van der Waals surface area contributed by atoms with Crippen LogP contribution in [0, 0.1) is 11.6 Å². The van der Waals surface area contributed by atoms with Gasteiger partial charge in [-0.15, -0.1) is 0 Å². The van der Waals surface area contributed by atoms with Crippen LogP contribution in [0.2, 0.25) is 0 Å². The van der Waals surface area contributed by atoms with Crippen LogP contribution in [0.4, 0.5) is 17.6 Å². The lowest BCUT2D eigenvalue weighted by Gasteiger charge is -2.20. The van der Waals surface area contributed by atoms with Gasteiger partial charge in [0.25, 0.3) is 5.91 Å². The van der Waals surface area contributed by atoms with Crippen LogP contribution in [-0.4, -0.2) is 12.5 Å². The van der Waals surface area contributed by atoms with Gasteiger partial charge in [0.2, 0.25) is 0 Å². The van der Waals surface area contributed by atoms with E-state index in [1.807, 2.05) is 0 Å². The third-order valence-corrected chi connectivity index (χ3v) is 3.42. The van der Waals surface area contributed by atoms with Crippen molar-refractivity contribution < 1.29 is 27.1 Å². The fraction of sp³-hybridized carbons (Fsp3) is 0.235. The average Bonchev–Trinajstić information content (AvgIpc) is 2.55. The van der Waals surface area contributed by atoms with Crippen molar-refractivity contribution in [1.29, 1.82) is 0 Å². The Morgan fingerprint density at radius 2 is 1.83 bits per heavy atom. The second-order valence-electron chi connectivity index (χ2n) is 4.95. The summed E-state index contributed by atoms with van der Waals surface area (Å²) in [6, 6.07) is 8.54. The zero-order valence-corrected chi connectivity index (χ0v) is 12.7. The monoisotopic (exact) mass is 341 g/mol. The van der Waals surface area contributed by atoms with Gasteiger partial charge in [0.15, 0.2) is 11.6 Å². The maximum Gasteiger partial charge on any atom is 0.387 e. The lowest BCUT2D eigenvalue weighted by molar-refractivity contribution is -0.0506. The molecule has 2 aromatic carbocycles. The zero-order valence-electron chi connectivity index (χ0n) is 12.7. The average molecular weight is 341 g/mol. The van der Waals surface area contributed by atoms with Crippen LogP contribution in [0.25, 0.3) is 0 Å². The van der Waals surface area contributed by atoms with Gasteiger partial charge in [0.1, 0.15) is 5.75 Å². The van der Waals surface area contributed by atoms with E-state index in [1.54, 1.807) is 13.0 Å². The Balaban J connectivity index is 2.27. The predicted octanol–water partition coefficient (Wildman–Crippen LogP) is 4.45. The summed E-state index contributed by atoms with van der Waals surface area (Å²) in [5.41, 5.74) is -0.133. The number of halogens is 4. The van der Waals surface area contributed by atoms with Crippen molar-refractivity contribution in [2.45, 2.75) is 26.0 Å². The lowest BCUT2D eigenvalue weighted by Crippen LogP contribution is -2.29. The number of nitrogens with one attached hydrogen (secondary N) is 1. The summed E-state index contributed by atoms with van der Waals surface area (Å²) < 4.78 is 56.4. The second-order valence-corrected chi connectivity index (χ2v) is 4.95. The number of carbonyl (C=O) groups excluding carboxylic acids is 1. The van der Waals surface area contributed by atoms with Crippen LogP contribution in [0.5, 0.6) is 5.75 Å². The van der Waals surface area contributed by atoms with Gasteiger partial charge >= 0.3 is 6.61 Å². The minimum Gasteiger partial charge on any atom is -0.434 e. The van der Waals surface area contributed by atoms with Crippen molar-refractivity contribution in [2.75, 3.05) is 0 Å². The summed E-state index contributed by atoms with van der Waals surface area (Å²) in [5, 5.41) is 2.51. The van der Waals surface area contributed by atoms with Crippen molar-refractivity contribution in [3.63, 3.8) is 0 Å². The SMILES string of the molecule is CCC(NC(=O)c1cccc(F)c1F)c1ccccc1OC(F)F. The topological polar surface area (TPSA) is 38.3 Å². The molecule has 0 aromatic heterocycles. The number of carbonyl (C=O) groups is 1. The Labute approximate surface area is 136 Å². The lowest BCUT2D eigenvalue weighted by atomic mass is 10.0. The molecule has 0 radical (unpaired) electrons. The molecule has 1 amide bonds. The summed E-state index contributed by atoms with van der Waals surface area (Å²) in [6.45, 7) is -1.30. The molecular formula is C17H15F4NO2. The Bertz CT molecular complexity index is 721.